The molecule has 1 aliphatic rings. The monoisotopic (exact) mass is 360 g/mol. The van der Waals surface area contributed by atoms with Crippen molar-refractivity contribution in [2.24, 2.45) is 10.9 Å². The van der Waals surface area contributed by atoms with Gasteiger partial charge in [-0.3, -0.25) is 9.79 Å². The van der Waals surface area contributed by atoms with Gasteiger partial charge in [0, 0.05) is 45.0 Å². The molecule has 2 rings (SSSR count). The van der Waals surface area contributed by atoms with Crippen molar-refractivity contribution in [3.05, 3.63) is 29.8 Å². The zero-order valence-corrected chi connectivity index (χ0v) is 16.0. The summed E-state index contributed by atoms with van der Waals surface area (Å²) in [4.78, 5) is 16.5. The lowest BCUT2D eigenvalue weighted by molar-refractivity contribution is -0.119. The van der Waals surface area contributed by atoms with Crippen LogP contribution in [0.1, 0.15) is 44.6 Å². The molecular weight excluding hydrogens is 328 g/mol. The lowest BCUT2D eigenvalue weighted by Gasteiger charge is -2.14. The van der Waals surface area contributed by atoms with Gasteiger partial charge in [0.15, 0.2) is 5.96 Å². The number of hydrogen-bond acceptors (Lipinski definition) is 3. The number of carbonyl (C=O) groups is 1. The standard InChI is InChI=1S/C20H32N4O2/c1-3-26-13-7-12-22-20(21-2)23-15-16-8-6-11-18(14-16)24-19(25)17-9-4-5-10-17/h6,8,11,14,17H,3-5,7,9-10,12-13,15H2,1-2H3,(H,24,25)(H2,21,22,23). The van der Waals surface area contributed by atoms with Crippen molar-refractivity contribution >= 4 is 17.6 Å². The Morgan fingerprint density at radius 3 is 2.81 bits per heavy atom. The van der Waals surface area contributed by atoms with Gasteiger partial charge in [0.25, 0.3) is 0 Å². The van der Waals surface area contributed by atoms with E-state index in [0.29, 0.717) is 6.54 Å². The van der Waals surface area contributed by atoms with E-state index in [1.54, 1.807) is 7.05 Å². The summed E-state index contributed by atoms with van der Waals surface area (Å²) in [6, 6.07) is 7.97. The van der Waals surface area contributed by atoms with E-state index in [0.717, 1.165) is 56.2 Å². The first-order chi connectivity index (χ1) is 12.7. The van der Waals surface area contributed by atoms with Crippen LogP contribution < -0.4 is 16.0 Å². The summed E-state index contributed by atoms with van der Waals surface area (Å²) >= 11 is 0. The number of nitrogens with one attached hydrogen (secondary N) is 3. The van der Waals surface area contributed by atoms with Crippen LogP contribution in [-0.2, 0) is 16.1 Å². The van der Waals surface area contributed by atoms with Crippen molar-refractivity contribution in [2.75, 3.05) is 32.1 Å². The molecule has 0 atom stereocenters. The van der Waals surface area contributed by atoms with Gasteiger partial charge < -0.3 is 20.7 Å². The molecule has 1 fully saturated rings. The van der Waals surface area contributed by atoms with Crippen LogP contribution in [0, 0.1) is 5.92 Å². The molecule has 26 heavy (non-hydrogen) atoms. The van der Waals surface area contributed by atoms with E-state index in [2.05, 4.69) is 20.9 Å². The second-order valence-electron chi connectivity index (χ2n) is 6.57. The number of guanidine groups is 1. The van der Waals surface area contributed by atoms with Crippen LogP contribution >= 0.6 is 0 Å². The van der Waals surface area contributed by atoms with Crippen molar-refractivity contribution in [1.82, 2.24) is 10.6 Å². The molecular formula is C20H32N4O2. The quantitative estimate of drug-likeness (QED) is 0.360. The first-order valence-corrected chi connectivity index (χ1v) is 9.65. The maximum Gasteiger partial charge on any atom is 0.227 e. The molecule has 0 saturated heterocycles. The summed E-state index contributed by atoms with van der Waals surface area (Å²) in [7, 11) is 1.76. The van der Waals surface area contributed by atoms with E-state index >= 15 is 0 Å². The van der Waals surface area contributed by atoms with Crippen LogP contribution in [0.5, 0.6) is 0 Å². The van der Waals surface area contributed by atoms with Crippen molar-refractivity contribution in [3.63, 3.8) is 0 Å². The number of benzene rings is 1. The Morgan fingerprint density at radius 2 is 2.08 bits per heavy atom. The molecule has 1 amide bonds. The van der Waals surface area contributed by atoms with Crippen molar-refractivity contribution in [2.45, 2.75) is 45.6 Å². The van der Waals surface area contributed by atoms with Crippen LogP contribution in [0.15, 0.2) is 29.3 Å². The Labute approximate surface area is 156 Å². The molecule has 6 nitrogen and oxygen atoms in total. The van der Waals surface area contributed by atoms with Gasteiger partial charge in [-0.1, -0.05) is 25.0 Å². The number of carbonyl (C=O) groups excluding carboxylic acids is 1. The fourth-order valence-electron chi connectivity index (χ4n) is 3.12. The topological polar surface area (TPSA) is 74.8 Å². The molecule has 0 spiro atoms. The maximum absolute atomic E-state index is 12.3. The third-order valence-corrected chi connectivity index (χ3v) is 4.57. The van der Waals surface area contributed by atoms with Gasteiger partial charge in [0.05, 0.1) is 0 Å². The van der Waals surface area contributed by atoms with Crippen LogP contribution in [0.25, 0.3) is 0 Å². The number of hydrogen-bond donors (Lipinski definition) is 3. The fraction of sp³-hybridized carbons (Fsp3) is 0.600. The van der Waals surface area contributed by atoms with E-state index in [-0.39, 0.29) is 11.8 Å². The third-order valence-electron chi connectivity index (χ3n) is 4.57. The van der Waals surface area contributed by atoms with Crippen LogP contribution in [-0.4, -0.2) is 38.7 Å². The van der Waals surface area contributed by atoms with Gasteiger partial charge in [-0.15, -0.1) is 0 Å². The predicted molar refractivity (Wildman–Crippen MR) is 106 cm³/mol. The number of nitrogens with zero attached hydrogens (tertiary/aromatic N) is 1. The average Bonchev–Trinajstić information content (AvgIpc) is 3.19. The minimum atomic E-state index is 0.152. The summed E-state index contributed by atoms with van der Waals surface area (Å²) in [5.74, 6) is 1.10. The number of rotatable bonds is 9. The SMILES string of the molecule is CCOCCCNC(=NC)NCc1cccc(NC(=O)C2CCCC2)c1. The molecule has 1 saturated carbocycles. The summed E-state index contributed by atoms with van der Waals surface area (Å²) < 4.78 is 5.33. The lowest BCUT2D eigenvalue weighted by atomic mass is 10.1. The van der Waals surface area contributed by atoms with Gasteiger partial charge in [-0.2, -0.15) is 0 Å². The Morgan fingerprint density at radius 1 is 1.27 bits per heavy atom. The minimum absolute atomic E-state index is 0.152. The third kappa shape index (κ3) is 7.04. The van der Waals surface area contributed by atoms with Crippen molar-refractivity contribution in [1.29, 1.82) is 0 Å². The van der Waals surface area contributed by atoms with Crippen molar-refractivity contribution in [3.8, 4) is 0 Å². The van der Waals surface area contributed by atoms with Gasteiger partial charge in [-0.05, 0) is 43.9 Å². The summed E-state index contributed by atoms with van der Waals surface area (Å²) in [5.41, 5.74) is 1.97. The highest BCUT2D eigenvalue weighted by atomic mass is 16.5. The van der Waals surface area contributed by atoms with Gasteiger partial charge in [0.1, 0.15) is 0 Å². The molecule has 0 radical (unpaired) electrons. The zero-order chi connectivity index (χ0) is 18.6. The second kappa shape index (κ2) is 11.5. The Hall–Kier alpha value is -2.08. The van der Waals surface area contributed by atoms with E-state index in [4.69, 9.17) is 4.74 Å². The molecule has 3 N–H and O–H groups in total. The van der Waals surface area contributed by atoms with Crippen molar-refractivity contribution < 1.29 is 9.53 Å². The molecule has 0 heterocycles. The molecule has 0 aromatic heterocycles. The zero-order valence-electron chi connectivity index (χ0n) is 16.0. The first kappa shape index (κ1) is 20.2. The Bertz CT molecular complexity index is 583. The highest BCUT2D eigenvalue weighted by molar-refractivity contribution is 5.92. The smallest absolute Gasteiger partial charge is 0.227 e. The average molecular weight is 361 g/mol. The fourth-order valence-corrected chi connectivity index (χ4v) is 3.12. The molecule has 1 aromatic carbocycles. The number of amides is 1. The van der Waals surface area contributed by atoms with E-state index < -0.39 is 0 Å². The Kier molecular flexibility index (Phi) is 8.96. The highest BCUT2D eigenvalue weighted by Gasteiger charge is 2.22. The van der Waals surface area contributed by atoms with Gasteiger partial charge >= 0.3 is 0 Å². The van der Waals surface area contributed by atoms with Crippen LogP contribution in [0.2, 0.25) is 0 Å². The van der Waals surface area contributed by atoms with Gasteiger partial charge in [0.2, 0.25) is 5.91 Å². The van der Waals surface area contributed by atoms with Gasteiger partial charge in [-0.25, -0.2) is 0 Å². The maximum atomic E-state index is 12.3. The molecule has 0 unspecified atom stereocenters. The summed E-state index contributed by atoms with van der Waals surface area (Å²) in [5, 5.41) is 9.62. The van der Waals surface area contributed by atoms with E-state index in [1.165, 1.54) is 12.8 Å². The van der Waals surface area contributed by atoms with Crippen LogP contribution in [0.3, 0.4) is 0 Å². The second-order valence-corrected chi connectivity index (χ2v) is 6.57. The molecule has 0 bridgehead atoms. The molecule has 6 heteroatoms. The number of anilines is 1. The van der Waals surface area contributed by atoms with Crippen LogP contribution in [0.4, 0.5) is 5.69 Å². The normalized spacial score (nSPS) is 15.1. The summed E-state index contributed by atoms with van der Waals surface area (Å²) in [6.07, 6.45) is 5.30. The predicted octanol–water partition coefficient (Wildman–Crippen LogP) is 2.91. The van der Waals surface area contributed by atoms with E-state index in [1.807, 2.05) is 31.2 Å². The molecule has 1 aliphatic carbocycles. The van der Waals surface area contributed by atoms with E-state index in [9.17, 15) is 4.79 Å². The largest absolute Gasteiger partial charge is 0.382 e. The molecule has 144 valence electrons. The Balaban J connectivity index is 1.77. The summed E-state index contributed by atoms with van der Waals surface area (Å²) in [6.45, 7) is 4.97. The number of aliphatic imine (C=N–C) groups is 1. The first-order valence-electron chi connectivity index (χ1n) is 9.65. The lowest BCUT2D eigenvalue weighted by Crippen LogP contribution is -2.37. The molecule has 1 aromatic rings. The highest BCUT2D eigenvalue weighted by Crippen LogP contribution is 2.26. The molecule has 0 aliphatic heterocycles. The minimum Gasteiger partial charge on any atom is -0.382 e. The number of ether oxygens (including phenoxy) is 1.